The highest BCUT2D eigenvalue weighted by atomic mass is 32.1. The average Bonchev–Trinajstić information content (AvgIpc) is 2.83. The van der Waals surface area contributed by atoms with Crippen molar-refractivity contribution < 1.29 is 0 Å². The Kier molecular flexibility index (Phi) is 3.26. The van der Waals surface area contributed by atoms with Gasteiger partial charge in [0.1, 0.15) is 11.1 Å². The summed E-state index contributed by atoms with van der Waals surface area (Å²) < 4.78 is 0. The van der Waals surface area contributed by atoms with Crippen LogP contribution in [0.25, 0.3) is 0 Å². The van der Waals surface area contributed by atoms with Gasteiger partial charge in [0.15, 0.2) is 0 Å². The largest absolute Gasteiger partial charge is 0.258 e. The highest BCUT2D eigenvalue weighted by molar-refractivity contribution is 7.13. The first-order valence-corrected chi connectivity index (χ1v) is 5.47. The molecule has 0 fully saturated rings. The Bertz CT molecular complexity index is 525. The maximum absolute atomic E-state index is 8.84. The smallest absolute Gasteiger partial charge is 0.140 e. The summed E-state index contributed by atoms with van der Waals surface area (Å²) in [6, 6.07) is 13.0. The lowest BCUT2D eigenvalue weighted by Gasteiger charge is -1.99. The van der Waals surface area contributed by atoms with Crippen molar-refractivity contribution in [3.63, 3.8) is 0 Å². The molecule has 0 atom stereocenters. The molecule has 78 valence electrons. The molecule has 0 saturated carbocycles. The fourth-order valence-electron chi connectivity index (χ4n) is 1.13. The minimum absolute atomic E-state index is 0.549. The van der Waals surface area contributed by atoms with E-state index in [0.717, 1.165) is 5.00 Å². The highest BCUT2D eigenvalue weighted by Gasteiger charge is 1.97. The zero-order valence-corrected chi connectivity index (χ0v) is 9.11. The molecule has 1 N–H and O–H groups in total. The zero-order chi connectivity index (χ0) is 11.2. The van der Waals surface area contributed by atoms with Crippen LogP contribution in [0, 0.1) is 11.3 Å². The minimum atomic E-state index is 0.549. The van der Waals surface area contributed by atoms with Crippen molar-refractivity contribution in [2.75, 3.05) is 5.43 Å². The molecule has 16 heavy (non-hydrogen) atoms. The van der Waals surface area contributed by atoms with Gasteiger partial charge in [-0.15, -0.1) is 16.5 Å². The van der Waals surface area contributed by atoms with Crippen LogP contribution in [0.4, 0.5) is 10.7 Å². The van der Waals surface area contributed by atoms with Gasteiger partial charge in [0, 0.05) is 0 Å². The predicted molar refractivity (Wildman–Crippen MR) is 63.6 cm³/mol. The first-order valence-electron chi connectivity index (χ1n) is 4.59. The SMILES string of the molecule is N#Cc1ccccc1N/N=N/c1cccs1. The van der Waals surface area contributed by atoms with Gasteiger partial charge in [-0.3, -0.25) is 5.43 Å². The Morgan fingerprint density at radius 3 is 2.81 bits per heavy atom. The Labute approximate surface area is 96.9 Å². The van der Waals surface area contributed by atoms with Crippen LogP contribution in [0.2, 0.25) is 0 Å². The van der Waals surface area contributed by atoms with Crippen molar-refractivity contribution in [3.8, 4) is 6.07 Å². The molecule has 0 saturated heterocycles. The number of hydrogen-bond donors (Lipinski definition) is 1. The monoisotopic (exact) mass is 228 g/mol. The molecule has 0 aliphatic heterocycles. The van der Waals surface area contributed by atoms with E-state index in [9.17, 15) is 0 Å². The molecule has 1 aromatic heterocycles. The molecule has 4 nitrogen and oxygen atoms in total. The van der Waals surface area contributed by atoms with E-state index in [0.29, 0.717) is 11.3 Å². The maximum Gasteiger partial charge on any atom is 0.140 e. The molecule has 2 rings (SSSR count). The van der Waals surface area contributed by atoms with Crippen LogP contribution in [0.5, 0.6) is 0 Å². The van der Waals surface area contributed by atoms with Crippen LogP contribution in [0.15, 0.2) is 52.1 Å². The molecule has 0 unspecified atom stereocenters. The molecular weight excluding hydrogens is 220 g/mol. The van der Waals surface area contributed by atoms with Crippen molar-refractivity contribution in [1.29, 1.82) is 5.26 Å². The van der Waals surface area contributed by atoms with Crippen LogP contribution < -0.4 is 5.43 Å². The summed E-state index contributed by atoms with van der Waals surface area (Å²) in [6.07, 6.45) is 0. The Balaban J connectivity index is 2.08. The molecule has 2 aromatic rings. The highest BCUT2D eigenvalue weighted by Crippen LogP contribution is 2.20. The van der Waals surface area contributed by atoms with E-state index in [1.54, 1.807) is 18.2 Å². The summed E-state index contributed by atoms with van der Waals surface area (Å²) in [4.78, 5) is 0. The third-order valence-corrected chi connectivity index (χ3v) is 2.63. The standard InChI is InChI=1S/C11H8N4S/c12-8-9-4-1-2-5-10(9)13-15-14-11-6-3-7-16-11/h1-7H,(H,13,14). The number of nitrogens with zero attached hydrogens (tertiary/aromatic N) is 3. The minimum Gasteiger partial charge on any atom is -0.258 e. The Hall–Kier alpha value is -2.19. The van der Waals surface area contributed by atoms with E-state index in [2.05, 4.69) is 21.8 Å². The lowest BCUT2D eigenvalue weighted by molar-refractivity contribution is 1.14. The van der Waals surface area contributed by atoms with Gasteiger partial charge in [0.05, 0.1) is 11.3 Å². The number of rotatable bonds is 3. The number of hydrogen-bond acceptors (Lipinski definition) is 4. The van der Waals surface area contributed by atoms with Gasteiger partial charge in [0.2, 0.25) is 0 Å². The van der Waals surface area contributed by atoms with E-state index in [1.807, 2.05) is 23.6 Å². The number of anilines is 1. The summed E-state index contributed by atoms with van der Waals surface area (Å²) in [6.45, 7) is 0. The number of para-hydroxylation sites is 1. The molecule has 0 amide bonds. The van der Waals surface area contributed by atoms with E-state index in [4.69, 9.17) is 5.26 Å². The number of nitrogens with one attached hydrogen (secondary N) is 1. The molecule has 1 aromatic carbocycles. The number of nitriles is 1. The van der Waals surface area contributed by atoms with Gasteiger partial charge in [-0.1, -0.05) is 17.4 Å². The summed E-state index contributed by atoms with van der Waals surface area (Å²) in [5, 5.41) is 19.4. The Morgan fingerprint density at radius 2 is 2.06 bits per heavy atom. The lowest BCUT2D eigenvalue weighted by atomic mass is 10.2. The Morgan fingerprint density at radius 1 is 1.19 bits per heavy atom. The van der Waals surface area contributed by atoms with Crippen molar-refractivity contribution in [3.05, 3.63) is 47.3 Å². The molecule has 1 heterocycles. The molecule has 0 bridgehead atoms. The number of benzene rings is 1. The van der Waals surface area contributed by atoms with E-state index >= 15 is 0 Å². The topological polar surface area (TPSA) is 60.5 Å². The molecule has 0 radical (unpaired) electrons. The summed E-state index contributed by atoms with van der Waals surface area (Å²) in [5.41, 5.74) is 3.95. The zero-order valence-electron chi connectivity index (χ0n) is 8.29. The van der Waals surface area contributed by atoms with Crippen molar-refractivity contribution >= 4 is 22.0 Å². The van der Waals surface area contributed by atoms with Gasteiger partial charge in [-0.2, -0.15) is 5.26 Å². The lowest BCUT2D eigenvalue weighted by Crippen LogP contribution is -1.89. The fourth-order valence-corrected chi connectivity index (χ4v) is 1.67. The molecular formula is C11H8N4S. The third-order valence-electron chi connectivity index (χ3n) is 1.87. The normalized spacial score (nSPS) is 10.2. The second-order valence-electron chi connectivity index (χ2n) is 2.92. The van der Waals surface area contributed by atoms with Crippen LogP contribution in [-0.4, -0.2) is 0 Å². The first kappa shape index (κ1) is 10.3. The van der Waals surface area contributed by atoms with Crippen molar-refractivity contribution in [2.45, 2.75) is 0 Å². The second-order valence-corrected chi connectivity index (χ2v) is 3.85. The van der Waals surface area contributed by atoms with Crippen molar-refractivity contribution in [1.82, 2.24) is 0 Å². The van der Waals surface area contributed by atoms with Gasteiger partial charge in [0.25, 0.3) is 0 Å². The summed E-state index contributed by atoms with van der Waals surface area (Å²) in [7, 11) is 0. The van der Waals surface area contributed by atoms with Crippen LogP contribution >= 0.6 is 11.3 Å². The van der Waals surface area contributed by atoms with Gasteiger partial charge in [-0.25, -0.2) is 0 Å². The van der Waals surface area contributed by atoms with Gasteiger partial charge < -0.3 is 0 Å². The average molecular weight is 228 g/mol. The van der Waals surface area contributed by atoms with Crippen molar-refractivity contribution in [2.24, 2.45) is 10.3 Å². The maximum atomic E-state index is 8.84. The van der Waals surface area contributed by atoms with Gasteiger partial charge in [-0.05, 0) is 29.6 Å². The molecule has 0 spiro atoms. The summed E-state index contributed by atoms with van der Waals surface area (Å²) >= 11 is 1.50. The van der Waals surface area contributed by atoms with Crippen LogP contribution in [0.1, 0.15) is 5.56 Å². The molecule has 5 heteroatoms. The van der Waals surface area contributed by atoms with Crippen LogP contribution in [0.3, 0.4) is 0 Å². The fraction of sp³-hybridized carbons (Fsp3) is 0. The van der Waals surface area contributed by atoms with E-state index < -0.39 is 0 Å². The quantitative estimate of drug-likeness (QED) is 0.642. The molecule has 0 aliphatic rings. The van der Waals surface area contributed by atoms with E-state index in [1.165, 1.54) is 11.3 Å². The van der Waals surface area contributed by atoms with E-state index in [-0.39, 0.29) is 0 Å². The second kappa shape index (κ2) is 5.05. The molecule has 0 aliphatic carbocycles. The predicted octanol–water partition coefficient (Wildman–Crippen LogP) is 3.73. The summed E-state index contributed by atoms with van der Waals surface area (Å²) in [5.74, 6) is 0. The first-order chi connectivity index (χ1) is 7.90. The third kappa shape index (κ3) is 2.43. The van der Waals surface area contributed by atoms with Crippen LogP contribution in [-0.2, 0) is 0 Å². The van der Waals surface area contributed by atoms with Gasteiger partial charge >= 0.3 is 0 Å². The number of thiophene rings is 1.